The van der Waals surface area contributed by atoms with Crippen molar-refractivity contribution < 1.29 is 49.1 Å². The van der Waals surface area contributed by atoms with E-state index in [1.807, 2.05) is 0 Å². The van der Waals surface area contributed by atoms with Crippen molar-refractivity contribution in [1.82, 2.24) is 0 Å². The topological polar surface area (TPSA) is 168 Å². The van der Waals surface area contributed by atoms with Gasteiger partial charge in [0.15, 0.2) is 0 Å². The van der Waals surface area contributed by atoms with Gasteiger partial charge >= 0.3 is 23.9 Å². The van der Waals surface area contributed by atoms with Crippen LogP contribution in [0.5, 0.6) is 0 Å². The minimum atomic E-state index is -0.740. The lowest BCUT2D eigenvalue weighted by molar-refractivity contribution is -0.138. The van der Waals surface area contributed by atoms with E-state index < -0.39 is 23.9 Å². The van der Waals surface area contributed by atoms with Crippen molar-refractivity contribution in [3.05, 3.63) is 35.4 Å². The van der Waals surface area contributed by atoms with E-state index in [-0.39, 0.29) is 26.1 Å². The molecule has 10 heteroatoms. The van der Waals surface area contributed by atoms with E-state index >= 15 is 0 Å². The van der Waals surface area contributed by atoms with E-state index in [4.69, 9.17) is 20.4 Å². The highest BCUT2D eigenvalue weighted by Crippen LogP contribution is 2.08. The van der Waals surface area contributed by atoms with Crippen LogP contribution in [0.1, 0.15) is 72.1 Å². The molecule has 1 aromatic carbocycles. The number of carbonyl (C=O) groups is 4. The third-order valence-electron chi connectivity index (χ3n) is 3.86. The Labute approximate surface area is 187 Å². The summed E-state index contributed by atoms with van der Waals surface area (Å²) in [7, 11) is 2.60. The summed E-state index contributed by atoms with van der Waals surface area (Å²) < 4.78 is 9.02. The second kappa shape index (κ2) is 21.3. The van der Waals surface area contributed by atoms with Crippen LogP contribution in [0.2, 0.25) is 0 Å². The van der Waals surface area contributed by atoms with Crippen LogP contribution in [0.3, 0.4) is 0 Å². The van der Waals surface area contributed by atoms with Crippen LogP contribution < -0.4 is 0 Å². The molecule has 1 aromatic rings. The van der Waals surface area contributed by atoms with Gasteiger partial charge in [-0.05, 0) is 37.1 Å². The van der Waals surface area contributed by atoms with E-state index in [2.05, 4.69) is 9.47 Å². The molecule has 32 heavy (non-hydrogen) atoms. The van der Waals surface area contributed by atoms with Crippen molar-refractivity contribution in [2.24, 2.45) is 0 Å². The predicted octanol–water partition coefficient (Wildman–Crippen LogP) is 2.51. The molecule has 0 spiro atoms. The Morgan fingerprint density at radius 1 is 0.625 bits per heavy atom. The van der Waals surface area contributed by atoms with Gasteiger partial charge in [-0.1, -0.05) is 25.7 Å². The zero-order valence-corrected chi connectivity index (χ0v) is 18.6. The summed E-state index contributed by atoms with van der Waals surface area (Å²) in [5.74, 6) is -2.34. The second-order valence-electron chi connectivity index (χ2n) is 6.42. The molecule has 10 nitrogen and oxygen atoms in total. The van der Waals surface area contributed by atoms with Crippen molar-refractivity contribution in [3.63, 3.8) is 0 Å². The number of aliphatic carboxylic acids is 2. The normalized spacial score (nSPS) is 9.38. The molecule has 0 radical (unpaired) electrons. The summed E-state index contributed by atoms with van der Waals surface area (Å²) in [6, 6.07) is 6.05. The van der Waals surface area contributed by atoms with Gasteiger partial charge in [0.2, 0.25) is 0 Å². The number of aliphatic hydroxyl groups excluding tert-OH is 2. The summed E-state index contributed by atoms with van der Waals surface area (Å²) in [5.41, 5.74) is 0.806. The molecule has 0 amide bonds. The van der Waals surface area contributed by atoms with Gasteiger partial charge in [-0.15, -0.1) is 0 Å². The molecule has 4 N–H and O–H groups in total. The van der Waals surface area contributed by atoms with Crippen LogP contribution in [0.4, 0.5) is 0 Å². The number of hydrogen-bond acceptors (Lipinski definition) is 8. The molecule has 0 aliphatic carbocycles. The monoisotopic (exact) mass is 458 g/mol. The number of esters is 2. The summed E-state index contributed by atoms with van der Waals surface area (Å²) in [5, 5.41) is 32.0. The molecule has 1 rings (SSSR count). The van der Waals surface area contributed by atoms with E-state index in [9.17, 15) is 19.2 Å². The fraction of sp³-hybridized carbons (Fsp3) is 0.545. The van der Waals surface area contributed by atoms with Gasteiger partial charge in [0.05, 0.1) is 38.6 Å². The fourth-order valence-corrected chi connectivity index (χ4v) is 2.24. The smallest absolute Gasteiger partial charge is 0.337 e. The number of carboxylic acids is 2. The van der Waals surface area contributed by atoms with Gasteiger partial charge in [-0.25, -0.2) is 9.59 Å². The van der Waals surface area contributed by atoms with Crippen LogP contribution >= 0.6 is 0 Å². The number of benzene rings is 1. The molecule has 0 atom stereocenters. The largest absolute Gasteiger partial charge is 0.481 e. The van der Waals surface area contributed by atoms with Crippen LogP contribution in [-0.4, -0.2) is 71.7 Å². The lowest BCUT2D eigenvalue weighted by atomic mass is 10.1. The summed E-state index contributed by atoms with van der Waals surface area (Å²) in [4.78, 5) is 42.3. The standard InChI is InChI=1S/C10H10O4.C10H18O4.C2H6O2/c1-13-9(11)7-3-5-8(6-4-7)10(12)14-2;11-9(12)7-5-3-1-2-4-6-8-10(13)14;3-1-2-4/h3-6H,1-2H3;1-8H2,(H,11,12)(H,13,14);3-4H,1-2H2. The first-order chi connectivity index (χ1) is 15.2. The lowest BCUT2D eigenvalue weighted by Crippen LogP contribution is -2.04. The van der Waals surface area contributed by atoms with Gasteiger partial charge in [-0.2, -0.15) is 0 Å². The Hall–Kier alpha value is -2.98. The molecule has 0 saturated carbocycles. The lowest BCUT2D eigenvalue weighted by Gasteiger charge is -2.00. The Balaban J connectivity index is 0. The third-order valence-corrected chi connectivity index (χ3v) is 3.86. The number of hydrogen-bond donors (Lipinski definition) is 4. The number of unbranched alkanes of at least 4 members (excludes halogenated alkanes) is 5. The maximum atomic E-state index is 11.0. The zero-order valence-electron chi connectivity index (χ0n) is 18.6. The average Bonchev–Trinajstić information content (AvgIpc) is 2.80. The molecule has 0 heterocycles. The van der Waals surface area contributed by atoms with Gasteiger partial charge < -0.3 is 29.9 Å². The van der Waals surface area contributed by atoms with Crippen LogP contribution in [-0.2, 0) is 19.1 Å². The average molecular weight is 459 g/mol. The molecule has 0 unspecified atom stereocenters. The van der Waals surface area contributed by atoms with Gasteiger partial charge in [0.1, 0.15) is 0 Å². The Kier molecular flexibility index (Phi) is 20.7. The predicted molar refractivity (Wildman–Crippen MR) is 116 cm³/mol. The number of carbonyl (C=O) groups excluding carboxylic acids is 2. The highest BCUT2D eigenvalue weighted by molar-refractivity contribution is 5.93. The van der Waals surface area contributed by atoms with Gasteiger partial charge in [-0.3, -0.25) is 9.59 Å². The van der Waals surface area contributed by atoms with E-state index in [0.29, 0.717) is 11.1 Å². The molecule has 0 aliphatic rings. The fourth-order valence-electron chi connectivity index (χ4n) is 2.24. The number of rotatable bonds is 12. The minimum Gasteiger partial charge on any atom is -0.481 e. The highest BCUT2D eigenvalue weighted by Gasteiger charge is 2.08. The molecule has 0 aromatic heterocycles. The number of carboxylic acid groups (broad SMARTS) is 2. The molecule has 182 valence electrons. The molecular weight excluding hydrogens is 424 g/mol. The molecular formula is C22H34O10. The molecule has 0 bridgehead atoms. The van der Waals surface area contributed by atoms with Crippen LogP contribution in [0.25, 0.3) is 0 Å². The minimum absolute atomic E-state index is 0.125. The quantitative estimate of drug-likeness (QED) is 0.270. The number of ether oxygens (including phenoxy) is 2. The number of methoxy groups -OCH3 is 2. The van der Waals surface area contributed by atoms with Crippen molar-refractivity contribution in [1.29, 1.82) is 0 Å². The summed E-state index contributed by atoms with van der Waals surface area (Å²) in [6.07, 6.45) is 5.82. The summed E-state index contributed by atoms with van der Waals surface area (Å²) >= 11 is 0. The van der Waals surface area contributed by atoms with Crippen molar-refractivity contribution in [3.8, 4) is 0 Å². The maximum Gasteiger partial charge on any atom is 0.337 e. The van der Waals surface area contributed by atoms with Gasteiger partial charge in [0.25, 0.3) is 0 Å². The first-order valence-corrected chi connectivity index (χ1v) is 10.1. The van der Waals surface area contributed by atoms with Crippen LogP contribution in [0, 0.1) is 0 Å². The van der Waals surface area contributed by atoms with E-state index in [1.165, 1.54) is 38.5 Å². The number of aliphatic hydroxyl groups is 2. The van der Waals surface area contributed by atoms with Crippen molar-refractivity contribution in [2.75, 3.05) is 27.4 Å². The third kappa shape index (κ3) is 19.0. The summed E-state index contributed by atoms with van der Waals surface area (Å²) in [6.45, 7) is -0.250. The van der Waals surface area contributed by atoms with Gasteiger partial charge in [0, 0.05) is 12.8 Å². The Morgan fingerprint density at radius 3 is 1.12 bits per heavy atom. The van der Waals surface area contributed by atoms with Crippen LogP contribution in [0.15, 0.2) is 24.3 Å². The first kappa shape index (κ1) is 31.2. The zero-order chi connectivity index (χ0) is 24.8. The van der Waals surface area contributed by atoms with E-state index in [1.54, 1.807) is 0 Å². The highest BCUT2D eigenvalue weighted by atomic mass is 16.5. The SMILES string of the molecule is COC(=O)c1ccc(C(=O)OC)cc1.O=C(O)CCCCCCCCC(=O)O.OCCO. The molecule has 0 aliphatic heterocycles. The van der Waals surface area contributed by atoms with E-state index in [0.717, 1.165) is 38.5 Å². The molecule has 0 saturated heterocycles. The maximum absolute atomic E-state index is 11.0. The first-order valence-electron chi connectivity index (χ1n) is 10.1. The Bertz CT molecular complexity index is 598. The molecule has 0 fully saturated rings. The van der Waals surface area contributed by atoms with Crippen molar-refractivity contribution >= 4 is 23.9 Å². The van der Waals surface area contributed by atoms with Crippen molar-refractivity contribution in [2.45, 2.75) is 51.4 Å². The Morgan fingerprint density at radius 2 is 0.906 bits per heavy atom. The second-order valence-corrected chi connectivity index (χ2v) is 6.42.